The van der Waals surface area contributed by atoms with Crippen LogP contribution in [0.5, 0.6) is 5.75 Å². The molecule has 1 heterocycles. The third-order valence-corrected chi connectivity index (χ3v) is 3.71. The number of amides is 1. The topological polar surface area (TPSA) is 93.5 Å². The van der Waals surface area contributed by atoms with Crippen LogP contribution in [0.4, 0.5) is 5.69 Å². The van der Waals surface area contributed by atoms with Crippen LogP contribution in [0.1, 0.15) is 27.3 Å². The number of aromatic nitrogens is 2. The number of aromatic carboxylic acids is 1. The van der Waals surface area contributed by atoms with Gasteiger partial charge in [0.1, 0.15) is 11.3 Å². The molecule has 0 unspecified atom stereocenters. The predicted octanol–water partition coefficient (Wildman–Crippen LogP) is 1.92. The highest BCUT2D eigenvalue weighted by Gasteiger charge is 2.15. The fourth-order valence-electron chi connectivity index (χ4n) is 2.38. The average molecular weight is 317 g/mol. The van der Waals surface area contributed by atoms with Crippen LogP contribution in [0.25, 0.3) is 0 Å². The maximum Gasteiger partial charge on any atom is 0.339 e. The van der Waals surface area contributed by atoms with Crippen LogP contribution in [0.3, 0.4) is 0 Å². The van der Waals surface area contributed by atoms with Gasteiger partial charge in [-0.15, -0.1) is 0 Å². The number of carbonyl (C=O) groups excluding carboxylic acids is 1. The Hall–Kier alpha value is -2.83. The van der Waals surface area contributed by atoms with E-state index in [0.29, 0.717) is 5.69 Å². The Balaban J connectivity index is 2.16. The summed E-state index contributed by atoms with van der Waals surface area (Å²) in [6.07, 6.45) is 0.203. The number of carboxylic acids is 1. The second-order valence-electron chi connectivity index (χ2n) is 5.22. The van der Waals surface area contributed by atoms with Gasteiger partial charge in [0.2, 0.25) is 5.91 Å². The van der Waals surface area contributed by atoms with Crippen molar-refractivity contribution < 1.29 is 19.4 Å². The number of methoxy groups -OCH3 is 1. The van der Waals surface area contributed by atoms with E-state index in [2.05, 4.69) is 10.4 Å². The number of nitrogens with one attached hydrogen (secondary N) is 1. The Morgan fingerprint density at radius 2 is 2.04 bits per heavy atom. The summed E-state index contributed by atoms with van der Waals surface area (Å²) < 4.78 is 6.78. The minimum Gasteiger partial charge on any atom is -0.496 e. The quantitative estimate of drug-likeness (QED) is 0.879. The van der Waals surface area contributed by atoms with Crippen LogP contribution in [0.15, 0.2) is 18.2 Å². The molecule has 0 aliphatic heterocycles. The number of carbonyl (C=O) groups is 2. The average Bonchev–Trinajstić information content (AvgIpc) is 2.73. The number of carboxylic acid groups (broad SMARTS) is 1. The molecule has 122 valence electrons. The van der Waals surface area contributed by atoms with Crippen LogP contribution >= 0.6 is 0 Å². The molecule has 1 aromatic heterocycles. The lowest BCUT2D eigenvalue weighted by Crippen LogP contribution is -2.15. The minimum atomic E-state index is -1.08. The van der Waals surface area contributed by atoms with E-state index in [-0.39, 0.29) is 23.6 Å². The van der Waals surface area contributed by atoms with Crippen molar-refractivity contribution in [3.63, 3.8) is 0 Å². The third kappa shape index (κ3) is 3.50. The van der Waals surface area contributed by atoms with Gasteiger partial charge in [-0.1, -0.05) is 0 Å². The number of hydrogen-bond acceptors (Lipinski definition) is 4. The van der Waals surface area contributed by atoms with E-state index in [9.17, 15) is 9.59 Å². The van der Waals surface area contributed by atoms with Crippen LogP contribution in [-0.2, 0) is 18.3 Å². The molecule has 2 aromatic rings. The Labute approximate surface area is 133 Å². The maximum absolute atomic E-state index is 12.2. The standard InChI is InChI=1S/C16H19N3O4/c1-9-13(10(2)19(3)18-9)8-15(20)17-11-5-6-12(16(21)22)14(7-11)23-4/h5-7H,8H2,1-4H3,(H,17,20)(H,21,22). The van der Waals surface area contributed by atoms with Crippen LogP contribution in [-0.4, -0.2) is 33.9 Å². The monoisotopic (exact) mass is 317 g/mol. The first-order valence-electron chi connectivity index (χ1n) is 7.03. The summed E-state index contributed by atoms with van der Waals surface area (Å²) in [7, 11) is 3.22. The Morgan fingerprint density at radius 3 is 2.57 bits per heavy atom. The molecule has 7 heteroatoms. The molecule has 0 saturated heterocycles. The molecular weight excluding hydrogens is 298 g/mol. The summed E-state index contributed by atoms with van der Waals surface area (Å²) in [6.45, 7) is 3.77. The number of rotatable bonds is 5. The van der Waals surface area contributed by atoms with Gasteiger partial charge >= 0.3 is 5.97 Å². The highest BCUT2D eigenvalue weighted by molar-refractivity contribution is 5.95. The zero-order valence-electron chi connectivity index (χ0n) is 13.5. The van der Waals surface area contributed by atoms with Gasteiger partial charge in [-0.05, 0) is 26.0 Å². The van der Waals surface area contributed by atoms with Crippen molar-refractivity contribution in [2.24, 2.45) is 7.05 Å². The first-order valence-corrected chi connectivity index (χ1v) is 7.03. The van der Waals surface area contributed by atoms with E-state index in [1.54, 1.807) is 4.68 Å². The van der Waals surface area contributed by atoms with E-state index >= 15 is 0 Å². The van der Waals surface area contributed by atoms with Crippen molar-refractivity contribution in [1.82, 2.24) is 9.78 Å². The van der Waals surface area contributed by atoms with Gasteiger partial charge in [-0.2, -0.15) is 5.10 Å². The lowest BCUT2D eigenvalue weighted by atomic mass is 10.1. The lowest BCUT2D eigenvalue weighted by molar-refractivity contribution is -0.115. The number of hydrogen-bond donors (Lipinski definition) is 2. The molecule has 23 heavy (non-hydrogen) atoms. The molecule has 0 bridgehead atoms. The van der Waals surface area contributed by atoms with Crippen LogP contribution in [0, 0.1) is 13.8 Å². The van der Waals surface area contributed by atoms with E-state index < -0.39 is 5.97 Å². The van der Waals surface area contributed by atoms with Gasteiger partial charge in [0.05, 0.1) is 19.2 Å². The van der Waals surface area contributed by atoms with E-state index in [1.165, 1.54) is 25.3 Å². The summed E-state index contributed by atoms with van der Waals surface area (Å²) in [5, 5.41) is 16.1. The van der Waals surface area contributed by atoms with Crippen LogP contribution in [0.2, 0.25) is 0 Å². The largest absolute Gasteiger partial charge is 0.496 e. The van der Waals surface area contributed by atoms with Gasteiger partial charge in [-0.3, -0.25) is 9.48 Å². The molecule has 0 fully saturated rings. The predicted molar refractivity (Wildman–Crippen MR) is 85.0 cm³/mol. The van der Waals surface area contributed by atoms with Gasteiger partial charge in [0.25, 0.3) is 0 Å². The molecule has 0 radical (unpaired) electrons. The van der Waals surface area contributed by atoms with Gasteiger partial charge in [0, 0.05) is 30.1 Å². The summed E-state index contributed by atoms with van der Waals surface area (Å²) in [4.78, 5) is 23.3. The summed E-state index contributed by atoms with van der Waals surface area (Å²) in [5.41, 5.74) is 3.18. The van der Waals surface area contributed by atoms with Crippen molar-refractivity contribution in [3.05, 3.63) is 40.7 Å². The Bertz CT molecular complexity index is 765. The van der Waals surface area contributed by atoms with E-state index in [1.807, 2.05) is 20.9 Å². The molecular formula is C16H19N3O4. The smallest absolute Gasteiger partial charge is 0.339 e. The molecule has 1 aromatic carbocycles. The van der Waals surface area contributed by atoms with E-state index in [0.717, 1.165) is 17.0 Å². The summed E-state index contributed by atoms with van der Waals surface area (Å²) in [6, 6.07) is 4.43. The number of anilines is 1. The van der Waals surface area contributed by atoms with Crippen molar-refractivity contribution in [2.45, 2.75) is 20.3 Å². The highest BCUT2D eigenvalue weighted by atomic mass is 16.5. The first-order chi connectivity index (χ1) is 10.8. The Morgan fingerprint density at radius 1 is 1.35 bits per heavy atom. The number of nitrogens with zero attached hydrogens (tertiary/aromatic N) is 2. The van der Waals surface area contributed by atoms with Crippen molar-refractivity contribution >= 4 is 17.6 Å². The van der Waals surface area contributed by atoms with Gasteiger partial charge in [0.15, 0.2) is 0 Å². The van der Waals surface area contributed by atoms with Crippen molar-refractivity contribution in [1.29, 1.82) is 0 Å². The first kappa shape index (κ1) is 16.5. The lowest BCUT2D eigenvalue weighted by Gasteiger charge is -2.09. The molecule has 0 aliphatic rings. The maximum atomic E-state index is 12.2. The van der Waals surface area contributed by atoms with Crippen molar-refractivity contribution in [3.8, 4) is 5.75 Å². The molecule has 0 aliphatic carbocycles. The number of ether oxygens (including phenoxy) is 1. The molecule has 0 atom stereocenters. The van der Waals surface area contributed by atoms with Crippen LogP contribution < -0.4 is 10.1 Å². The van der Waals surface area contributed by atoms with Gasteiger partial charge in [-0.25, -0.2) is 4.79 Å². The van der Waals surface area contributed by atoms with E-state index in [4.69, 9.17) is 9.84 Å². The SMILES string of the molecule is COc1cc(NC(=O)Cc2c(C)nn(C)c2C)ccc1C(=O)O. The molecule has 0 spiro atoms. The highest BCUT2D eigenvalue weighted by Crippen LogP contribution is 2.23. The summed E-state index contributed by atoms with van der Waals surface area (Å²) >= 11 is 0. The third-order valence-electron chi connectivity index (χ3n) is 3.71. The molecule has 7 nitrogen and oxygen atoms in total. The second-order valence-corrected chi connectivity index (χ2v) is 5.22. The second kappa shape index (κ2) is 6.51. The normalized spacial score (nSPS) is 10.4. The Kier molecular flexibility index (Phi) is 4.68. The minimum absolute atomic E-state index is 0.0458. The van der Waals surface area contributed by atoms with Gasteiger partial charge < -0.3 is 15.2 Å². The zero-order valence-corrected chi connectivity index (χ0v) is 13.5. The molecule has 1 amide bonds. The number of aryl methyl sites for hydroxylation is 2. The van der Waals surface area contributed by atoms with Crippen molar-refractivity contribution in [2.75, 3.05) is 12.4 Å². The fourth-order valence-corrected chi connectivity index (χ4v) is 2.38. The molecule has 2 N–H and O–H groups in total. The zero-order chi connectivity index (χ0) is 17.1. The number of benzene rings is 1. The fraction of sp³-hybridized carbons (Fsp3) is 0.312. The summed E-state index contributed by atoms with van der Waals surface area (Å²) in [5.74, 6) is -1.08. The molecule has 0 saturated carbocycles. The molecule has 2 rings (SSSR count).